The van der Waals surface area contributed by atoms with Gasteiger partial charge in [-0.15, -0.1) is 0 Å². The number of carbonyl (C=O) groups is 1. The van der Waals surface area contributed by atoms with Crippen molar-refractivity contribution in [2.45, 2.75) is 25.4 Å². The Morgan fingerprint density at radius 1 is 1.75 bits per heavy atom. The van der Waals surface area contributed by atoms with Crippen LogP contribution in [0.1, 0.15) is 19.8 Å². The molecular formula is C8H16N2O2. The predicted molar refractivity (Wildman–Crippen MR) is 45.5 cm³/mol. The molecule has 1 heterocycles. The lowest BCUT2D eigenvalue weighted by molar-refractivity contribution is -0.135. The lowest BCUT2D eigenvalue weighted by atomic mass is 9.95. The highest BCUT2D eigenvalue weighted by Gasteiger charge is 2.30. The van der Waals surface area contributed by atoms with Crippen LogP contribution in [0.5, 0.6) is 0 Å². The molecule has 1 unspecified atom stereocenters. The van der Waals surface area contributed by atoms with Crippen LogP contribution < -0.4 is 5.73 Å². The van der Waals surface area contributed by atoms with Crippen molar-refractivity contribution >= 4 is 5.91 Å². The van der Waals surface area contributed by atoms with Crippen molar-refractivity contribution in [3.63, 3.8) is 0 Å². The molecule has 1 amide bonds. The highest BCUT2D eigenvalue weighted by molar-refractivity contribution is 5.78. The predicted octanol–water partition coefficient (Wildman–Crippen LogP) is -0.681. The van der Waals surface area contributed by atoms with E-state index in [4.69, 9.17) is 5.73 Å². The minimum Gasteiger partial charge on any atom is -0.388 e. The summed E-state index contributed by atoms with van der Waals surface area (Å²) in [6, 6.07) is 0. The molecule has 1 fully saturated rings. The van der Waals surface area contributed by atoms with Crippen LogP contribution >= 0.6 is 0 Å². The van der Waals surface area contributed by atoms with Crippen molar-refractivity contribution in [3.8, 4) is 0 Å². The fourth-order valence-corrected chi connectivity index (χ4v) is 1.56. The molecule has 1 saturated heterocycles. The van der Waals surface area contributed by atoms with Gasteiger partial charge in [-0.2, -0.15) is 0 Å². The highest BCUT2D eigenvalue weighted by atomic mass is 16.3. The second-order valence-electron chi connectivity index (χ2n) is 3.62. The van der Waals surface area contributed by atoms with E-state index >= 15 is 0 Å². The molecule has 4 heteroatoms. The zero-order chi connectivity index (χ0) is 9.19. The minimum absolute atomic E-state index is 0.0378. The molecular weight excluding hydrogens is 156 g/mol. The molecule has 0 bridgehead atoms. The third-order valence-electron chi connectivity index (χ3n) is 2.20. The number of amides is 1. The van der Waals surface area contributed by atoms with Gasteiger partial charge in [-0.25, -0.2) is 0 Å². The number of likely N-dealkylation sites (tertiary alicyclic amines) is 1. The summed E-state index contributed by atoms with van der Waals surface area (Å²) in [5.41, 5.74) is 4.50. The molecule has 1 rings (SSSR count). The molecule has 12 heavy (non-hydrogen) atoms. The van der Waals surface area contributed by atoms with E-state index in [1.165, 1.54) is 0 Å². The average Bonchev–Trinajstić information content (AvgIpc) is 2.01. The van der Waals surface area contributed by atoms with Gasteiger partial charge in [-0.05, 0) is 19.8 Å². The molecule has 0 aliphatic carbocycles. The first kappa shape index (κ1) is 9.48. The van der Waals surface area contributed by atoms with E-state index in [2.05, 4.69) is 0 Å². The maximum absolute atomic E-state index is 11.1. The van der Waals surface area contributed by atoms with Crippen LogP contribution in [0.3, 0.4) is 0 Å². The van der Waals surface area contributed by atoms with E-state index in [1.54, 1.807) is 11.8 Å². The summed E-state index contributed by atoms with van der Waals surface area (Å²) in [7, 11) is 0. The summed E-state index contributed by atoms with van der Waals surface area (Å²) >= 11 is 0. The van der Waals surface area contributed by atoms with Crippen molar-refractivity contribution in [2.24, 2.45) is 5.73 Å². The van der Waals surface area contributed by atoms with Crippen LogP contribution in [0.2, 0.25) is 0 Å². The zero-order valence-corrected chi connectivity index (χ0v) is 7.42. The van der Waals surface area contributed by atoms with Crippen LogP contribution in [0.4, 0.5) is 0 Å². The van der Waals surface area contributed by atoms with E-state index in [-0.39, 0.29) is 12.5 Å². The van der Waals surface area contributed by atoms with Crippen molar-refractivity contribution in [3.05, 3.63) is 0 Å². The third-order valence-corrected chi connectivity index (χ3v) is 2.20. The SMILES string of the molecule is CC1(O)CCCN(C(=O)CN)C1. The average molecular weight is 172 g/mol. The van der Waals surface area contributed by atoms with Gasteiger partial charge in [0.15, 0.2) is 0 Å². The fourth-order valence-electron chi connectivity index (χ4n) is 1.56. The van der Waals surface area contributed by atoms with Gasteiger partial charge in [-0.3, -0.25) is 4.79 Å². The molecule has 70 valence electrons. The Hall–Kier alpha value is -0.610. The van der Waals surface area contributed by atoms with Crippen LogP contribution in [-0.4, -0.2) is 41.1 Å². The van der Waals surface area contributed by atoms with Gasteiger partial charge in [0.1, 0.15) is 0 Å². The van der Waals surface area contributed by atoms with Crippen molar-refractivity contribution in [2.75, 3.05) is 19.6 Å². The third kappa shape index (κ3) is 2.19. The molecule has 0 saturated carbocycles. The lowest BCUT2D eigenvalue weighted by Gasteiger charge is -2.36. The molecule has 4 nitrogen and oxygen atoms in total. The Balaban J connectivity index is 2.52. The van der Waals surface area contributed by atoms with Crippen LogP contribution in [0, 0.1) is 0 Å². The van der Waals surface area contributed by atoms with Crippen molar-refractivity contribution < 1.29 is 9.90 Å². The number of nitrogens with two attached hydrogens (primary N) is 1. The van der Waals surface area contributed by atoms with Gasteiger partial charge in [-0.1, -0.05) is 0 Å². The highest BCUT2D eigenvalue weighted by Crippen LogP contribution is 2.19. The smallest absolute Gasteiger partial charge is 0.236 e. The quantitative estimate of drug-likeness (QED) is 0.550. The summed E-state index contributed by atoms with van der Waals surface area (Å²) in [4.78, 5) is 12.8. The molecule has 1 aliphatic heterocycles. The molecule has 0 radical (unpaired) electrons. The van der Waals surface area contributed by atoms with Gasteiger partial charge in [0.25, 0.3) is 0 Å². The van der Waals surface area contributed by atoms with Gasteiger partial charge >= 0.3 is 0 Å². The maximum Gasteiger partial charge on any atom is 0.236 e. The van der Waals surface area contributed by atoms with E-state index in [0.29, 0.717) is 6.54 Å². The summed E-state index contributed by atoms with van der Waals surface area (Å²) in [5, 5.41) is 9.65. The van der Waals surface area contributed by atoms with E-state index in [1.807, 2.05) is 0 Å². The first-order valence-electron chi connectivity index (χ1n) is 4.25. The minimum atomic E-state index is -0.719. The van der Waals surface area contributed by atoms with Crippen LogP contribution in [0.15, 0.2) is 0 Å². The molecule has 0 aromatic carbocycles. The van der Waals surface area contributed by atoms with E-state index < -0.39 is 5.60 Å². The number of carbonyl (C=O) groups excluding carboxylic acids is 1. The van der Waals surface area contributed by atoms with Gasteiger partial charge in [0, 0.05) is 13.1 Å². The fraction of sp³-hybridized carbons (Fsp3) is 0.875. The van der Waals surface area contributed by atoms with Gasteiger partial charge in [0.2, 0.25) is 5.91 Å². The number of piperidine rings is 1. The monoisotopic (exact) mass is 172 g/mol. The standard InChI is InChI=1S/C8H16N2O2/c1-8(12)3-2-4-10(6-8)7(11)5-9/h12H,2-6,9H2,1H3. The van der Waals surface area contributed by atoms with Gasteiger partial charge < -0.3 is 15.7 Å². The molecule has 0 aromatic heterocycles. The topological polar surface area (TPSA) is 66.6 Å². The molecule has 0 aromatic rings. The second kappa shape index (κ2) is 3.41. The van der Waals surface area contributed by atoms with Crippen LogP contribution in [-0.2, 0) is 4.79 Å². The summed E-state index contributed by atoms with van der Waals surface area (Å²) in [5.74, 6) is -0.0741. The van der Waals surface area contributed by atoms with E-state index in [0.717, 1.165) is 19.4 Å². The Labute approximate surface area is 72.3 Å². The second-order valence-corrected chi connectivity index (χ2v) is 3.62. The normalized spacial score (nSPS) is 30.4. The lowest BCUT2D eigenvalue weighted by Crippen LogP contribution is -2.50. The summed E-state index contributed by atoms with van der Waals surface area (Å²) in [6.45, 7) is 2.94. The number of hydrogen-bond donors (Lipinski definition) is 2. The Bertz CT molecular complexity index is 180. The molecule has 3 N–H and O–H groups in total. The van der Waals surface area contributed by atoms with Crippen molar-refractivity contribution in [1.29, 1.82) is 0 Å². The molecule has 1 atom stereocenters. The number of rotatable bonds is 1. The Morgan fingerprint density at radius 3 is 2.92 bits per heavy atom. The number of aliphatic hydroxyl groups is 1. The molecule has 1 aliphatic rings. The van der Waals surface area contributed by atoms with Crippen LogP contribution in [0.25, 0.3) is 0 Å². The van der Waals surface area contributed by atoms with Gasteiger partial charge in [0.05, 0.1) is 12.1 Å². The zero-order valence-electron chi connectivity index (χ0n) is 7.42. The van der Waals surface area contributed by atoms with E-state index in [9.17, 15) is 9.90 Å². The first-order chi connectivity index (χ1) is 5.55. The number of hydrogen-bond acceptors (Lipinski definition) is 3. The summed E-state index contributed by atoms with van der Waals surface area (Å²) < 4.78 is 0. The Morgan fingerprint density at radius 2 is 2.42 bits per heavy atom. The number of β-amino-alcohol motifs (C(OH)–C–C–N with tert-alkyl or cyclic N) is 1. The largest absolute Gasteiger partial charge is 0.388 e. The maximum atomic E-state index is 11.1. The van der Waals surface area contributed by atoms with Crippen molar-refractivity contribution in [1.82, 2.24) is 4.90 Å². The summed E-state index contributed by atoms with van der Waals surface area (Å²) in [6.07, 6.45) is 1.63. The molecule has 0 spiro atoms. The Kier molecular flexibility index (Phi) is 2.69. The first-order valence-corrected chi connectivity index (χ1v) is 4.25. The number of nitrogens with zero attached hydrogens (tertiary/aromatic N) is 1.